The van der Waals surface area contributed by atoms with Crippen LogP contribution >= 0.6 is 23.2 Å². The van der Waals surface area contributed by atoms with Crippen LogP contribution in [-0.4, -0.2) is 78.7 Å². The molecule has 2 aromatic rings. The van der Waals surface area contributed by atoms with Gasteiger partial charge in [0.1, 0.15) is 6.04 Å². The number of nitrogens with one attached hydrogen (secondary N) is 2. The van der Waals surface area contributed by atoms with E-state index in [-0.39, 0.29) is 63.6 Å². The van der Waals surface area contributed by atoms with Crippen molar-refractivity contribution in [2.75, 3.05) is 25.4 Å². The molecule has 0 unspecified atom stereocenters. The van der Waals surface area contributed by atoms with Crippen molar-refractivity contribution in [1.29, 1.82) is 0 Å². The number of halogens is 5. The average molecular weight is 694 g/mol. The van der Waals surface area contributed by atoms with Crippen LogP contribution in [0.15, 0.2) is 35.2 Å². The van der Waals surface area contributed by atoms with Crippen molar-refractivity contribution in [1.82, 2.24) is 20.4 Å². The molecule has 2 aliphatic rings. The number of carbonyl (C=O) groups is 3. The number of hydrogen-bond acceptors (Lipinski definition) is 6. The zero-order valence-corrected chi connectivity index (χ0v) is 26.6. The molecule has 0 spiro atoms. The van der Waals surface area contributed by atoms with Gasteiger partial charge in [0.2, 0.25) is 5.91 Å². The van der Waals surface area contributed by atoms with E-state index in [9.17, 15) is 41.1 Å². The molecule has 0 saturated carbocycles. The van der Waals surface area contributed by atoms with E-state index in [1.165, 1.54) is 25.1 Å². The van der Waals surface area contributed by atoms with Crippen molar-refractivity contribution in [3.05, 3.63) is 62.6 Å². The molecule has 2 aromatic carbocycles. The minimum atomic E-state index is -4.85. The van der Waals surface area contributed by atoms with Gasteiger partial charge in [-0.25, -0.2) is 13.2 Å². The van der Waals surface area contributed by atoms with Gasteiger partial charge in [-0.1, -0.05) is 30.1 Å². The Morgan fingerprint density at radius 1 is 1.07 bits per heavy atom. The first-order valence-electron chi connectivity index (χ1n) is 14.3. The third-order valence-corrected chi connectivity index (χ3v) is 10.4. The predicted molar refractivity (Wildman–Crippen MR) is 161 cm³/mol. The molecule has 2 heterocycles. The third kappa shape index (κ3) is 8.40. The number of carboxylic acid groups (broad SMARTS) is 1. The number of rotatable bonds is 9. The van der Waals surface area contributed by atoms with Crippen LogP contribution in [0.1, 0.15) is 59.7 Å². The van der Waals surface area contributed by atoms with E-state index < -0.39 is 51.6 Å². The van der Waals surface area contributed by atoms with Crippen LogP contribution in [0, 0.1) is 0 Å². The Kier molecular flexibility index (Phi) is 10.9. The van der Waals surface area contributed by atoms with Gasteiger partial charge in [0, 0.05) is 47.8 Å². The summed E-state index contributed by atoms with van der Waals surface area (Å²) in [6.07, 6.45) is -3.90. The smallest absolute Gasteiger partial charge is 0.416 e. The minimum Gasteiger partial charge on any atom is -0.465 e. The molecule has 0 bridgehead atoms. The number of sulfone groups is 1. The average Bonchev–Trinajstić information content (AvgIpc) is 3.47. The number of carbonyl (C=O) groups excluding carboxylic acids is 2. The van der Waals surface area contributed by atoms with E-state index in [0.29, 0.717) is 38.3 Å². The molecule has 246 valence electrons. The fourth-order valence-electron chi connectivity index (χ4n) is 5.71. The molecule has 10 nitrogen and oxygen atoms in total. The van der Waals surface area contributed by atoms with Crippen LogP contribution < -0.4 is 10.6 Å². The van der Waals surface area contributed by atoms with Crippen LogP contribution in [0.2, 0.25) is 10.0 Å². The van der Waals surface area contributed by atoms with Gasteiger partial charge in [-0.2, -0.15) is 13.2 Å². The van der Waals surface area contributed by atoms with Crippen LogP contribution in [0.4, 0.5) is 18.0 Å². The number of hydrogen-bond donors (Lipinski definition) is 3. The van der Waals surface area contributed by atoms with Gasteiger partial charge >= 0.3 is 12.3 Å². The molecule has 3 amide bonds. The van der Waals surface area contributed by atoms with E-state index in [4.69, 9.17) is 23.2 Å². The Hall–Kier alpha value is -3.07. The highest BCUT2D eigenvalue weighted by atomic mass is 35.5. The van der Waals surface area contributed by atoms with Crippen LogP contribution in [-0.2, 0) is 33.9 Å². The lowest BCUT2D eigenvalue weighted by atomic mass is 9.99. The predicted octanol–water partition coefficient (Wildman–Crippen LogP) is 4.96. The van der Waals surface area contributed by atoms with Crippen molar-refractivity contribution < 1.29 is 41.1 Å². The lowest BCUT2D eigenvalue weighted by Crippen LogP contribution is -2.53. The summed E-state index contributed by atoms with van der Waals surface area (Å²) in [6.45, 7) is 1.88. The van der Waals surface area contributed by atoms with Crippen molar-refractivity contribution in [2.45, 2.75) is 68.9 Å². The molecule has 2 fully saturated rings. The highest BCUT2D eigenvalue weighted by Gasteiger charge is 2.38. The highest BCUT2D eigenvalue weighted by molar-refractivity contribution is 7.91. The first-order valence-corrected chi connectivity index (χ1v) is 16.7. The summed E-state index contributed by atoms with van der Waals surface area (Å²) >= 11 is 12.4. The number of amides is 3. The monoisotopic (exact) mass is 692 g/mol. The lowest BCUT2D eigenvalue weighted by molar-refractivity contribution is -0.138. The van der Waals surface area contributed by atoms with E-state index in [0.717, 1.165) is 11.0 Å². The standard InChI is InChI=1S/C29H33Cl2F3N4O6S/c1-2-45(43,44)25-8-7-19(30)11-18(25)14-35-26(39)17-12-22(29(32,33)34)21(23(31)13-17)16-37-9-3-5-20(15-37)36-27(40)24-6-4-10-38(24)28(41)42/h7-8,11-13,20,24H,2-6,9-10,14-16H2,1H3,(H,35,39)(H,36,40)(H,41,42)/t20-,24-/m0/s1. The summed E-state index contributed by atoms with van der Waals surface area (Å²) in [7, 11) is -3.67. The van der Waals surface area contributed by atoms with Crippen LogP contribution in [0.25, 0.3) is 0 Å². The largest absolute Gasteiger partial charge is 0.465 e. The van der Waals surface area contributed by atoms with Gasteiger partial charge in [0.05, 0.1) is 16.2 Å². The van der Waals surface area contributed by atoms with Crippen molar-refractivity contribution in [3.63, 3.8) is 0 Å². The van der Waals surface area contributed by atoms with Crippen molar-refractivity contribution in [2.24, 2.45) is 0 Å². The second-order valence-corrected chi connectivity index (χ2v) is 14.1. The molecule has 3 N–H and O–H groups in total. The van der Waals surface area contributed by atoms with Gasteiger partial charge in [-0.15, -0.1) is 0 Å². The Morgan fingerprint density at radius 2 is 1.78 bits per heavy atom. The fourth-order valence-corrected chi connectivity index (χ4v) is 7.30. The molecule has 4 rings (SSSR count). The molecule has 16 heteroatoms. The second-order valence-electron chi connectivity index (χ2n) is 11.0. The van der Waals surface area contributed by atoms with Crippen molar-refractivity contribution >= 4 is 50.9 Å². The molecule has 2 aliphatic heterocycles. The summed E-state index contributed by atoms with van der Waals surface area (Å²) < 4.78 is 67.7. The lowest BCUT2D eigenvalue weighted by Gasteiger charge is -2.35. The van der Waals surface area contributed by atoms with Gasteiger partial charge < -0.3 is 15.7 Å². The molecule has 2 saturated heterocycles. The van der Waals surface area contributed by atoms with Gasteiger partial charge in [-0.05, 0) is 73.7 Å². The SMILES string of the molecule is CCS(=O)(=O)c1ccc(Cl)cc1CNC(=O)c1cc(Cl)c(CN2CCC[C@H](NC(=O)[C@@H]3CCCN3C(=O)O)C2)c(C(F)(F)F)c1. The number of alkyl halides is 3. The first-order chi connectivity index (χ1) is 21.1. The second kappa shape index (κ2) is 14.1. The summed E-state index contributed by atoms with van der Waals surface area (Å²) in [5.74, 6) is -1.52. The number of nitrogens with zero attached hydrogens (tertiary/aromatic N) is 2. The van der Waals surface area contributed by atoms with E-state index in [1.807, 2.05) is 0 Å². The minimum absolute atomic E-state index is 0.0439. The molecule has 0 radical (unpaired) electrons. The maximum absolute atomic E-state index is 14.3. The molecule has 0 aromatic heterocycles. The van der Waals surface area contributed by atoms with Crippen molar-refractivity contribution in [3.8, 4) is 0 Å². The quantitative estimate of drug-likeness (QED) is 0.338. The molecular formula is C29H33Cl2F3N4O6S. The number of piperidine rings is 1. The first kappa shape index (κ1) is 34.8. The van der Waals surface area contributed by atoms with Crippen LogP contribution in [0.5, 0.6) is 0 Å². The Bertz CT molecular complexity index is 1570. The zero-order chi connectivity index (χ0) is 33.1. The van der Waals surface area contributed by atoms with E-state index in [2.05, 4.69) is 10.6 Å². The summed E-state index contributed by atoms with van der Waals surface area (Å²) in [6, 6.07) is 4.72. The molecule has 45 heavy (non-hydrogen) atoms. The molecule has 2 atom stereocenters. The highest BCUT2D eigenvalue weighted by Crippen LogP contribution is 2.37. The van der Waals surface area contributed by atoms with Crippen LogP contribution in [0.3, 0.4) is 0 Å². The topological polar surface area (TPSA) is 136 Å². The van der Waals surface area contributed by atoms with E-state index in [1.54, 1.807) is 4.90 Å². The molecule has 0 aliphatic carbocycles. The Morgan fingerprint density at radius 3 is 2.44 bits per heavy atom. The van der Waals surface area contributed by atoms with Gasteiger partial charge in [-0.3, -0.25) is 19.4 Å². The maximum atomic E-state index is 14.3. The Labute approximate surface area is 268 Å². The summed E-state index contributed by atoms with van der Waals surface area (Å²) in [5.41, 5.74) is -1.49. The summed E-state index contributed by atoms with van der Waals surface area (Å²) in [5, 5.41) is 14.6. The number of likely N-dealkylation sites (tertiary alicyclic amines) is 2. The fraction of sp³-hybridized carbons (Fsp3) is 0.483. The Balaban J connectivity index is 1.49. The van der Waals surface area contributed by atoms with Gasteiger partial charge in [0.15, 0.2) is 9.84 Å². The van der Waals surface area contributed by atoms with Gasteiger partial charge in [0.25, 0.3) is 5.91 Å². The maximum Gasteiger partial charge on any atom is 0.416 e. The summed E-state index contributed by atoms with van der Waals surface area (Å²) in [4.78, 5) is 40.0. The third-order valence-electron chi connectivity index (χ3n) is 7.97. The zero-order valence-electron chi connectivity index (χ0n) is 24.3. The molecular weight excluding hydrogens is 660 g/mol. The van der Waals surface area contributed by atoms with E-state index >= 15 is 0 Å². The number of benzene rings is 2. The normalized spacial score (nSPS) is 19.4.